The number of nitrogens with one attached hydrogen (secondary N) is 2. The fourth-order valence-electron chi connectivity index (χ4n) is 4.23. The second-order valence-electron chi connectivity index (χ2n) is 8.78. The Labute approximate surface area is 180 Å². The summed E-state index contributed by atoms with van der Waals surface area (Å²) in [4.78, 5) is 11.0. The molecule has 1 aromatic heterocycles. The number of nitrogens with zero attached hydrogens (tertiary/aromatic N) is 3. The third-order valence-electron chi connectivity index (χ3n) is 5.79. The predicted molar refractivity (Wildman–Crippen MR) is 123 cm³/mol. The smallest absolute Gasteiger partial charge is 0.191 e. The van der Waals surface area contributed by atoms with E-state index in [1.807, 2.05) is 18.4 Å². The molecule has 2 aliphatic rings. The summed E-state index contributed by atoms with van der Waals surface area (Å²) >= 11 is 1.86. The van der Waals surface area contributed by atoms with Crippen molar-refractivity contribution in [3.63, 3.8) is 0 Å². The van der Waals surface area contributed by atoms with Crippen LogP contribution in [-0.2, 0) is 11.3 Å². The molecule has 0 amide bonds. The van der Waals surface area contributed by atoms with E-state index in [4.69, 9.17) is 4.74 Å². The second-order valence-corrected chi connectivity index (χ2v) is 9.81. The van der Waals surface area contributed by atoms with Gasteiger partial charge in [0.2, 0.25) is 0 Å². The molecule has 29 heavy (non-hydrogen) atoms. The lowest BCUT2D eigenvalue weighted by Gasteiger charge is -2.34. The van der Waals surface area contributed by atoms with E-state index in [-0.39, 0.29) is 6.10 Å². The molecule has 2 aliphatic heterocycles. The van der Waals surface area contributed by atoms with E-state index >= 15 is 0 Å². The number of likely N-dealkylation sites (tertiary alicyclic amines) is 1. The van der Waals surface area contributed by atoms with Crippen molar-refractivity contribution in [2.45, 2.75) is 39.3 Å². The summed E-state index contributed by atoms with van der Waals surface area (Å²) in [6.07, 6.45) is 2.75. The van der Waals surface area contributed by atoms with Crippen molar-refractivity contribution in [2.75, 3.05) is 59.5 Å². The van der Waals surface area contributed by atoms with E-state index in [2.05, 4.69) is 56.8 Å². The van der Waals surface area contributed by atoms with E-state index < -0.39 is 0 Å². The molecule has 0 bridgehead atoms. The van der Waals surface area contributed by atoms with Gasteiger partial charge in [-0.2, -0.15) is 0 Å². The van der Waals surface area contributed by atoms with Gasteiger partial charge in [0.05, 0.1) is 12.7 Å². The average Bonchev–Trinajstić information content (AvgIpc) is 3.22. The number of guanidine groups is 1. The Morgan fingerprint density at radius 2 is 2.00 bits per heavy atom. The normalized spacial score (nSPS) is 22.9. The van der Waals surface area contributed by atoms with Crippen LogP contribution in [0.2, 0.25) is 0 Å². The summed E-state index contributed by atoms with van der Waals surface area (Å²) in [5.41, 5.74) is 0. The molecule has 164 valence electrons. The summed E-state index contributed by atoms with van der Waals surface area (Å²) < 4.78 is 5.94. The minimum Gasteiger partial charge on any atom is -0.374 e. The van der Waals surface area contributed by atoms with Crippen molar-refractivity contribution in [3.05, 3.63) is 22.4 Å². The molecule has 1 unspecified atom stereocenters. The van der Waals surface area contributed by atoms with Crippen molar-refractivity contribution >= 4 is 17.3 Å². The molecule has 0 aromatic carbocycles. The molecule has 3 heterocycles. The van der Waals surface area contributed by atoms with Gasteiger partial charge in [-0.15, -0.1) is 11.3 Å². The lowest BCUT2D eigenvalue weighted by molar-refractivity contribution is -0.0284. The first-order valence-corrected chi connectivity index (χ1v) is 12.0. The SMILES string of the molecule is CN=C(NCC1CCN(Cc2cccs2)CC1)NCC1CN(CC(C)C)CCO1. The third-order valence-corrected chi connectivity index (χ3v) is 6.65. The highest BCUT2D eigenvalue weighted by atomic mass is 32.1. The minimum absolute atomic E-state index is 0.238. The molecule has 1 aromatic rings. The molecule has 2 fully saturated rings. The Morgan fingerprint density at radius 1 is 1.21 bits per heavy atom. The van der Waals surface area contributed by atoms with Gasteiger partial charge in [0.1, 0.15) is 0 Å². The zero-order valence-electron chi connectivity index (χ0n) is 18.4. The van der Waals surface area contributed by atoms with Gasteiger partial charge in [0.15, 0.2) is 5.96 Å². The first-order valence-electron chi connectivity index (χ1n) is 11.2. The van der Waals surface area contributed by atoms with Crippen LogP contribution < -0.4 is 10.6 Å². The number of thiophene rings is 1. The monoisotopic (exact) mass is 421 g/mol. The number of aliphatic imine (C=N–C) groups is 1. The fraction of sp³-hybridized carbons (Fsp3) is 0.773. The highest BCUT2D eigenvalue weighted by Gasteiger charge is 2.22. The Morgan fingerprint density at radius 3 is 2.69 bits per heavy atom. The maximum Gasteiger partial charge on any atom is 0.191 e. The Bertz CT molecular complexity index is 598. The molecular formula is C22H39N5OS. The van der Waals surface area contributed by atoms with Gasteiger partial charge in [-0.3, -0.25) is 14.8 Å². The highest BCUT2D eigenvalue weighted by molar-refractivity contribution is 7.09. The van der Waals surface area contributed by atoms with E-state index in [1.54, 1.807) is 0 Å². The van der Waals surface area contributed by atoms with Gasteiger partial charge < -0.3 is 15.4 Å². The van der Waals surface area contributed by atoms with Crippen molar-refractivity contribution in [2.24, 2.45) is 16.8 Å². The third kappa shape index (κ3) is 7.89. The number of ether oxygens (including phenoxy) is 1. The van der Waals surface area contributed by atoms with Gasteiger partial charge in [0, 0.05) is 51.2 Å². The number of morpholine rings is 1. The molecule has 7 heteroatoms. The van der Waals surface area contributed by atoms with Gasteiger partial charge in [-0.25, -0.2) is 0 Å². The number of hydrogen-bond donors (Lipinski definition) is 2. The van der Waals surface area contributed by atoms with Crippen molar-refractivity contribution in [1.82, 2.24) is 20.4 Å². The van der Waals surface area contributed by atoms with Gasteiger partial charge >= 0.3 is 0 Å². The Kier molecular flexibility index (Phi) is 9.24. The summed E-state index contributed by atoms with van der Waals surface area (Å²) in [5.74, 6) is 2.32. The zero-order chi connectivity index (χ0) is 20.5. The van der Waals surface area contributed by atoms with Gasteiger partial charge in [-0.1, -0.05) is 19.9 Å². The van der Waals surface area contributed by atoms with Crippen LogP contribution >= 0.6 is 11.3 Å². The number of rotatable bonds is 8. The molecule has 3 rings (SSSR count). The molecule has 2 N–H and O–H groups in total. The number of piperidine rings is 1. The van der Waals surface area contributed by atoms with Crippen LogP contribution in [0.1, 0.15) is 31.6 Å². The quantitative estimate of drug-likeness (QED) is 0.499. The van der Waals surface area contributed by atoms with E-state index in [9.17, 15) is 0 Å². The summed E-state index contributed by atoms with van der Waals surface area (Å²) in [5, 5.41) is 9.18. The van der Waals surface area contributed by atoms with Crippen LogP contribution in [0.15, 0.2) is 22.5 Å². The lowest BCUT2D eigenvalue weighted by Crippen LogP contribution is -2.50. The van der Waals surface area contributed by atoms with Crippen LogP contribution in [0.4, 0.5) is 0 Å². The molecule has 0 saturated carbocycles. The highest BCUT2D eigenvalue weighted by Crippen LogP contribution is 2.20. The standard InChI is InChI=1S/C22H39N5OS/c1-18(2)15-27-10-11-28-20(16-27)14-25-22(23-3)24-13-19-6-8-26(9-7-19)17-21-5-4-12-29-21/h4-5,12,18-20H,6-11,13-17H2,1-3H3,(H2,23,24,25). The van der Waals surface area contributed by atoms with Crippen LogP contribution in [0.3, 0.4) is 0 Å². The largest absolute Gasteiger partial charge is 0.374 e. The van der Waals surface area contributed by atoms with Gasteiger partial charge in [-0.05, 0) is 49.2 Å². The van der Waals surface area contributed by atoms with E-state index in [0.29, 0.717) is 5.92 Å². The maximum absolute atomic E-state index is 5.94. The molecule has 1 atom stereocenters. The first kappa shape index (κ1) is 22.5. The number of hydrogen-bond acceptors (Lipinski definition) is 5. The first-order chi connectivity index (χ1) is 14.1. The molecule has 0 aliphatic carbocycles. The molecule has 6 nitrogen and oxygen atoms in total. The molecule has 0 spiro atoms. The summed E-state index contributed by atoms with van der Waals surface area (Å²) in [6, 6.07) is 4.39. The Hall–Kier alpha value is -1.15. The van der Waals surface area contributed by atoms with Crippen LogP contribution in [0.5, 0.6) is 0 Å². The molecule has 0 radical (unpaired) electrons. The average molecular weight is 422 g/mol. The van der Waals surface area contributed by atoms with Crippen molar-refractivity contribution in [1.29, 1.82) is 0 Å². The van der Waals surface area contributed by atoms with Gasteiger partial charge in [0.25, 0.3) is 0 Å². The van der Waals surface area contributed by atoms with Crippen LogP contribution in [0.25, 0.3) is 0 Å². The van der Waals surface area contributed by atoms with E-state index in [1.165, 1.54) is 30.8 Å². The fourth-order valence-corrected chi connectivity index (χ4v) is 4.98. The molecule has 2 saturated heterocycles. The van der Waals surface area contributed by atoms with E-state index in [0.717, 1.165) is 57.8 Å². The predicted octanol–water partition coefficient (Wildman–Crippen LogP) is 2.48. The topological polar surface area (TPSA) is 52.1 Å². The maximum atomic E-state index is 5.94. The van der Waals surface area contributed by atoms with Crippen molar-refractivity contribution < 1.29 is 4.74 Å². The van der Waals surface area contributed by atoms with Crippen LogP contribution in [-0.4, -0.2) is 81.3 Å². The minimum atomic E-state index is 0.238. The Balaban J connectivity index is 1.31. The second kappa shape index (κ2) is 11.9. The van der Waals surface area contributed by atoms with Crippen LogP contribution in [0, 0.1) is 11.8 Å². The zero-order valence-corrected chi connectivity index (χ0v) is 19.2. The van der Waals surface area contributed by atoms with Crippen molar-refractivity contribution in [3.8, 4) is 0 Å². The molecular weight excluding hydrogens is 382 g/mol. The lowest BCUT2D eigenvalue weighted by atomic mass is 9.97. The summed E-state index contributed by atoms with van der Waals surface area (Å²) in [7, 11) is 1.85. The summed E-state index contributed by atoms with van der Waals surface area (Å²) in [6.45, 7) is 13.9.